The molecule has 0 aliphatic rings. The van der Waals surface area contributed by atoms with Crippen LogP contribution in [0.3, 0.4) is 0 Å². The predicted molar refractivity (Wildman–Crippen MR) is 115 cm³/mol. The average molecular weight is 467 g/mol. The van der Waals surface area contributed by atoms with Gasteiger partial charge >= 0.3 is 0 Å². The molecule has 25 heavy (non-hydrogen) atoms. The first-order valence-electron chi connectivity index (χ1n) is 8.00. The van der Waals surface area contributed by atoms with Gasteiger partial charge in [-0.05, 0) is 40.1 Å². The van der Waals surface area contributed by atoms with Gasteiger partial charge in [0.25, 0.3) is 0 Å². The van der Waals surface area contributed by atoms with E-state index < -0.39 is 0 Å². The normalized spacial score (nSPS) is 11.0. The van der Waals surface area contributed by atoms with E-state index in [1.54, 1.807) is 17.6 Å². The average Bonchev–Trinajstić information content (AvgIpc) is 3.31. The highest BCUT2D eigenvalue weighted by atomic mass is 127. The van der Waals surface area contributed by atoms with Gasteiger partial charge in [-0.15, -0.1) is 24.0 Å². The van der Waals surface area contributed by atoms with Crippen molar-refractivity contribution >= 4 is 41.3 Å². The summed E-state index contributed by atoms with van der Waals surface area (Å²) in [6.07, 6.45) is 2.53. The number of hydrogen-bond donors (Lipinski definition) is 2. The minimum Gasteiger partial charge on any atom is -0.469 e. The minimum atomic E-state index is 0. The number of hydrogen-bond acceptors (Lipinski definition) is 3. The molecule has 3 aromatic rings. The highest BCUT2D eigenvalue weighted by molar-refractivity contribution is 14.0. The minimum absolute atomic E-state index is 0. The van der Waals surface area contributed by atoms with E-state index in [2.05, 4.69) is 44.6 Å². The standard InChI is InChI=1S/C19H21N3OS.HI/c1-2-5-16(6-3-1)13-21-19(22-14-17-9-12-24-15-17)20-10-8-18-7-4-11-23-18;/h1-7,9,11-12,15H,8,10,13-14H2,(H2,20,21,22);1H. The maximum absolute atomic E-state index is 5.36. The van der Waals surface area contributed by atoms with E-state index in [9.17, 15) is 0 Å². The molecule has 1 aromatic carbocycles. The second-order valence-corrected chi connectivity index (χ2v) is 6.17. The Bertz CT molecular complexity index is 727. The molecule has 132 valence electrons. The van der Waals surface area contributed by atoms with Crippen molar-refractivity contribution in [1.82, 2.24) is 10.6 Å². The number of furan rings is 1. The third-order valence-corrected chi connectivity index (χ3v) is 4.28. The SMILES string of the molecule is I.c1ccc(CNC(=NCc2ccsc2)NCCc2ccco2)cc1. The predicted octanol–water partition coefficient (Wildman–Crippen LogP) is 4.44. The van der Waals surface area contributed by atoms with E-state index in [4.69, 9.17) is 4.42 Å². The van der Waals surface area contributed by atoms with E-state index in [0.717, 1.165) is 31.2 Å². The Morgan fingerprint density at radius 1 is 1.00 bits per heavy atom. The van der Waals surface area contributed by atoms with Crippen LogP contribution in [0.15, 0.2) is 75.0 Å². The molecular formula is C19H22IN3OS. The zero-order valence-corrected chi connectivity index (χ0v) is 17.0. The highest BCUT2D eigenvalue weighted by Crippen LogP contribution is 2.07. The van der Waals surface area contributed by atoms with E-state index in [-0.39, 0.29) is 24.0 Å². The molecule has 0 saturated heterocycles. The van der Waals surface area contributed by atoms with Crippen LogP contribution in [0.2, 0.25) is 0 Å². The second kappa shape index (κ2) is 10.9. The monoisotopic (exact) mass is 467 g/mol. The Labute approximate surface area is 169 Å². The summed E-state index contributed by atoms with van der Waals surface area (Å²) in [6, 6.07) is 16.3. The van der Waals surface area contributed by atoms with Gasteiger partial charge in [-0.1, -0.05) is 30.3 Å². The van der Waals surface area contributed by atoms with Crippen LogP contribution in [0.1, 0.15) is 16.9 Å². The number of guanidine groups is 1. The zero-order chi connectivity index (χ0) is 16.5. The van der Waals surface area contributed by atoms with Gasteiger partial charge in [0.15, 0.2) is 5.96 Å². The number of thiophene rings is 1. The van der Waals surface area contributed by atoms with E-state index in [0.29, 0.717) is 6.54 Å². The van der Waals surface area contributed by atoms with Crippen molar-refractivity contribution in [3.05, 3.63) is 82.4 Å². The van der Waals surface area contributed by atoms with Crippen LogP contribution in [-0.4, -0.2) is 12.5 Å². The summed E-state index contributed by atoms with van der Waals surface area (Å²) in [5.41, 5.74) is 2.46. The Morgan fingerprint density at radius 2 is 1.88 bits per heavy atom. The Morgan fingerprint density at radius 3 is 2.60 bits per heavy atom. The molecular weight excluding hydrogens is 445 g/mol. The number of benzene rings is 1. The van der Waals surface area contributed by atoms with Crippen LogP contribution in [0.25, 0.3) is 0 Å². The van der Waals surface area contributed by atoms with E-state index in [1.165, 1.54) is 11.1 Å². The van der Waals surface area contributed by atoms with Crippen LogP contribution < -0.4 is 10.6 Å². The third-order valence-electron chi connectivity index (χ3n) is 3.55. The fraction of sp³-hybridized carbons (Fsp3) is 0.211. The molecule has 0 saturated carbocycles. The molecule has 2 heterocycles. The lowest BCUT2D eigenvalue weighted by Crippen LogP contribution is -2.38. The van der Waals surface area contributed by atoms with Gasteiger partial charge in [0.05, 0.1) is 12.8 Å². The van der Waals surface area contributed by atoms with Crippen molar-refractivity contribution in [2.24, 2.45) is 4.99 Å². The highest BCUT2D eigenvalue weighted by Gasteiger charge is 2.01. The molecule has 0 atom stereocenters. The zero-order valence-electron chi connectivity index (χ0n) is 13.9. The number of halogens is 1. The van der Waals surface area contributed by atoms with Crippen molar-refractivity contribution in [2.45, 2.75) is 19.5 Å². The Kier molecular flexibility index (Phi) is 8.54. The van der Waals surface area contributed by atoms with Crippen LogP contribution in [0, 0.1) is 0 Å². The second-order valence-electron chi connectivity index (χ2n) is 5.39. The summed E-state index contributed by atoms with van der Waals surface area (Å²) in [6.45, 7) is 2.20. The molecule has 0 amide bonds. The van der Waals surface area contributed by atoms with Gasteiger partial charge in [-0.3, -0.25) is 0 Å². The molecule has 0 aliphatic carbocycles. The summed E-state index contributed by atoms with van der Waals surface area (Å²) in [5, 5.41) is 11.0. The van der Waals surface area contributed by atoms with Crippen LogP contribution in [0.4, 0.5) is 0 Å². The third kappa shape index (κ3) is 6.91. The molecule has 0 bridgehead atoms. The fourth-order valence-electron chi connectivity index (χ4n) is 2.27. The van der Waals surface area contributed by atoms with E-state index in [1.807, 2.05) is 30.3 Å². The quantitative estimate of drug-likeness (QED) is 0.307. The number of nitrogens with one attached hydrogen (secondary N) is 2. The van der Waals surface area contributed by atoms with Gasteiger partial charge < -0.3 is 15.1 Å². The number of nitrogens with zero attached hydrogens (tertiary/aromatic N) is 1. The van der Waals surface area contributed by atoms with E-state index >= 15 is 0 Å². The van der Waals surface area contributed by atoms with Gasteiger partial charge in [0.2, 0.25) is 0 Å². The Balaban J connectivity index is 0.00000225. The van der Waals surface area contributed by atoms with Crippen LogP contribution >= 0.6 is 35.3 Å². The maximum Gasteiger partial charge on any atom is 0.191 e. The largest absolute Gasteiger partial charge is 0.469 e. The van der Waals surface area contributed by atoms with Crippen molar-refractivity contribution in [1.29, 1.82) is 0 Å². The van der Waals surface area contributed by atoms with Crippen molar-refractivity contribution in [3.63, 3.8) is 0 Å². The van der Waals surface area contributed by atoms with Crippen LogP contribution in [-0.2, 0) is 19.5 Å². The first-order valence-corrected chi connectivity index (χ1v) is 8.94. The maximum atomic E-state index is 5.36. The van der Waals surface area contributed by atoms with Crippen molar-refractivity contribution in [3.8, 4) is 0 Å². The topological polar surface area (TPSA) is 49.6 Å². The summed E-state index contributed by atoms with van der Waals surface area (Å²) in [7, 11) is 0. The summed E-state index contributed by atoms with van der Waals surface area (Å²) < 4.78 is 5.36. The van der Waals surface area contributed by atoms with Crippen molar-refractivity contribution < 1.29 is 4.42 Å². The summed E-state index contributed by atoms with van der Waals surface area (Å²) in [5.74, 6) is 1.79. The van der Waals surface area contributed by atoms with Crippen LogP contribution in [0.5, 0.6) is 0 Å². The molecule has 2 N–H and O–H groups in total. The molecule has 6 heteroatoms. The molecule has 0 spiro atoms. The molecule has 0 aliphatic heterocycles. The Hall–Kier alpha value is -1.80. The molecule has 3 rings (SSSR count). The lowest BCUT2D eigenvalue weighted by atomic mass is 10.2. The molecule has 0 unspecified atom stereocenters. The number of rotatable bonds is 7. The lowest BCUT2D eigenvalue weighted by molar-refractivity contribution is 0.506. The van der Waals surface area contributed by atoms with Gasteiger partial charge in [-0.25, -0.2) is 4.99 Å². The molecule has 0 fully saturated rings. The first-order chi connectivity index (χ1) is 11.9. The molecule has 2 aromatic heterocycles. The number of aliphatic imine (C=N–C) groups is 1. The smallest absolute Gasteiger partial charge is 0.191 e. The summed E-state index contributed by atoms with van der Waals surface area (Å²) in [4.78, 5) is 4.67. The van der Waals surface area contributed by atoms with Crippen molar-refractivity contribution in [2.75, 3.05) is 6.54 Å². The molecule has 4 nitrogen and oxygen atoms in total. The van der Waals surface area contributed by atoms with Gasteiger partial charge in [0.1, 0.15) is 5.76 Å². The first kappa shape index (κ1) is 19.5. The molecule has 0 radical (unpaired) electrons. The fourth-order valence-corrected chi connectivity index (χ4v) is 2.93. The van der Waals surface area contributed by atoms with Gasteiger partial charge in [-0.2, -0.15) is 11.3 Å². The summed E-state index contributed by atoms with van der Waals surface area (Å²) >= 11 is 1.70. The lowest BCUT2D eigenvalue weighted by Gasteiger charge is -2.12. The van der Waals surface area contributed by atoms with Gasteiger partial charge in [0, 0.05) is 19.5 Å².